The molecule has 0 aliphatic carbocycles. The van der Waals surface area contributed by atoms with Crippen LogP contribution in [0.15, 0.2) is 29.4 Å². The Bertz CT molecular complexity index is 460. The van der Waals surface area contributed by atoms with Crippen molar-refractivity contribution in [2.45, 2.75) is 0 Å². The Morgan fingerprint density at radius 2 is 2.25 bits per heavy atom. The van der Waals surface area contributed by atoms with Crippen molar-refractivity contribution in [2.75, 3.05) is 5.75 Å². The van der Waals surface area contributed by atoms with E-state index in [9.17, 15) is 9.18 Å². The third kappa shape index (κ3) is 2.28. The Morgan fingerprint density at radius 3 is 2.88 bits per heavy atom. The van der Waals surface area contributed by atoms with Gasteiger partial charge in [0.25, 0.3) is 5.91 Å². The number of halogens is 1. The summed E-state index contributed by atoms with van der Waals surface area (Å²) < 4.78 is 13.6. The number of thiocarbonyl (C=S) groups is 1. The van der Waals surface area contributed by atoms with E-state index in [2.05, 4.69) is 5.10 Å². The first-order valence-corrected chi connectivity index (χ1v) is 5.86. The average Bonchev–Trinajstić information content (AvgIpc) is 2.58. The molecular weight excluding hydrogens is 247 g/mol. The summed E-state index contributed by atoms with van der Waals surface area (Å²) in [6, 6.07) is 6.20. The van der Waals surface area contributed by atoms with Crippen LogP contribution in [0.25, 0.3) is 0 Å². The minimum Gasteiger partial charge on any atom is -0.272 e. The highest BCUT2D eigenvalue weighted by molar-refractivity contribution is 8.23. The van der Waals surface area contributed by atoms with Crippen LogP contribution < -0.4 is 0 Å². The van der Waals surface area contributed by atoms with E-state index in [-0.39, 0.29) is 11.7 Å². The third-order valence-electron chi connectivity index (χ3n) is 1.95. The number of rotatable bonds is 2. The molecule has 0 unspecified atom stereocenters. The summed E-state index contributed by atoms with van der Waals surface area (Å²) in [5.74, 6) is -0.257. The Balaban J connectivity index is 2.18. The van der Waals surface area contributed by atoms with Gasteiger partial charge < -0.3 is 0 Å². The van der Waals surface area contributed by atoms with Crippen LogP contribution in [0.5, 0.6) is 0 Å². The molecule has 1 heterocycles. The van der Waals surface area contributed by atoms with Crippen molar-refractivity contribution in [1.29, 1.82) is 0 Å². The number of amides is 1. The minimum atomic E-state index is -0.378. The maximum Gasteiger partial charge on any atom is 0.259 e. The second kappa shape index (κ2) is 4.71. The molecule has 6 heteroatoms. The van der Waals surface area contributed by atoms with E-state index in [0.717, 1.165) is 5.01 Å². The number of carbonyl (C=O) groups is 1. The van der Waals surface area contributed by atoms with Crippen molar-refractivity contribution in [3.8, 4) is 0 Å². The Labute approximate surface area is 101 Å². The largest absolute Gasteiger partial charge is 0.272 e. The van der Waals surface area contributed by atoms with Crippen LogP contribution in [0, 0.1) is 5.82 Å². The van der Waals surface area contributed by atoms with Crippen LogP contribution >= 0.6 is 24.0 Å². The molecule has 1 amide bonds. The van der Waals surface area contributed by atoms with Gasteiger partial charge in [0.15, 0.2) is 4.32 Å². The average molecular weight is 254 g/mol. The van der Waals surface area contributed by atoms with Gasteiger partial charge in [0.1, 0.15) is 5.82 Å². The van der Waals surface area contributed by atoms with Crippen LogP contribution in [-0.2, 0) is 4.79 Å². The highest BCUT2D eigenvalue weighted by Gasteiger charge is 2.25. The molecule has 1 aliphatic rings. The van der Waals surface area contributed by atoms with Crippen molar-refractivity contribution < 1.29 is 9.18 Å². The minimum absolute atomic E-state index is 0.178. The molecule has 1 fully saturated rings. The first kappa shape index (κ1) is 11.2. The summed E-state index contributed by atoms with van der Waals surface area (Å²) in [6.07, 6.45) is 1.30. The fraction of sp³-hybridized carbons (Fsp3) is 0.100. The van der Waals surface area contributed by atoms with E-state index in [0.29, 0.717) is 15.6 Å². The van der Waals surface area contributed by atoms with Gasteiger partial charge in [-0.15, -0.1) is 0 Å². The molecule has 1 aliphatic heterocycles. The maximum atomic E-state index is 13.2. The number of benzene rings is 1. The molecule has 0 aromatic heterocycles. The lowest BCUT2D eigenvalue weighted by Crippen LogP contribution is -2.22. The van der Waals surface area contributed by atoms with Gasteiger partial charge in [-0.25, -0.2) is 4.39 Å². The van der Waals surface area contributed by atoms with Crippen LogP contribution in [0.3, 0.4) is 0 Å². The number of hydrogen-bond donors (Lipinski definition) is 0. The number of nitrogens with zero attached hydrogens (tertiary/aromatic N) is 2. The van der Waals surface area contributed by atoms with E-state index < -0.39 is 0 Å². The van der Waals surface area contributed by atoms with Gasteiger partial charge in [0, 0.05) is 5.56 Å². The molecule has 1 saturated heterocycles. The van der Waals surface area contributed by atoms with Gasteiger partial charge in [-0.05, 0) is 6.07 Å². The predicted molar refractivity (Wildman–Crippen MR) is 65.9 cm³/mol. The molecule has 1 aromatic rings. The number of carbonyl (C=O) groups excluding carboxylic acids is 1. The predicted octanol–water partition coefficient (Wildman–Crippen LogP) is 2.02. The van der Waals surface area contributed by atoms with Gasteiger partial charge in [-0.1, -0.05) is 42.2 Å². The van der Waals surface area contributed by atoms with Crippen molar-refractivity contribution >= 4 is 40.4 Å². The summed E-state index contributed by atoms with van der Waals surface area (Å²) in [7, 11) is 0. The highest BCUT2D eigenvalue weighted by atomic mass is 32.2. The number of thioether (sulfide) groups is 1. The molecule has 2 rings (SSSR count). The number of hydrazone groups is 1. The molecular formula is C10H7FN2OS2. The first-order valence-electron chi connectivity index (χ1n) is 4.47. The van der Waals surface area contributed by atoms with E-state index in [1.54, 1.807) is 18.2 Å². The quantitative estimate of drug-likeness (QED) is 0.598. The normalized spacial score (nSPS) is 16.4. The SMILES string of the molecule is O=C1CSC(=S)N1/N=C/c1ccccc1F. The third-order valence-corrected chi connectivity index (χ3v) is 3.28. The van der Waals surface area contributed by atoms with Crippen LogP contribution in [-0.4, -0.2) is 27.2 Å². The first-order chi connectivity index (χ1) is 7.68. The van der Waals surface area contributed by atoms with Gasteiger partial charge in [0.05, 0.1) is 12.0 Å². The van der Waals surface area contributed by atoms with Gasteiger partial charge in [-0.2, -0.15) is 10.1 Å². The Morgan fingerprint density at radius 1 is 1.50 bits per heavy atom. The highest BCUT2D eigenvalue weighted by Crippen LogP contribution is 2.19. The smallest absolute Gasteiger partial charge is 0.259 e. The summed E-state index contributed by atoms with van der Waals surface area (Å²) in [4.78, 5) is 11.3. The zero-order valence-electron chi connectivity index (χ0n) is 8.09. The second-order valence-electron chi connectivity index (χ2n) is 3.03. The summed E-state index contributed by atoms with van der Waals surface area (Å²) >= 11 is 6.18. The van der Waals surface area contributed by atoms with Crippen LogP contribution in [0.2, 0.25) is 0 Å². The summed E-state index contributed by atoms with van der Waals surface area (Å²) in [5, 5.41) is 4.99. The van der Waals surface area contributed by atoms with Crippen LogP contribution in [0.1, 0.15) is 5.56 Å². The van der Waals surface area contributed by atoms with Gasteiger partial charge in [0.2, 0.25) is 0 Å². The molecule has 0 atom stereocenters. The molecule has 0 N–H and O–H groups in total. The second-order valence-corrected chi connectivity index (χ2v) is 4.64. The van der Waals surface area contributed by atoms with E-state index in [1.165, 1.54) is 24.0 Å². The summed E-state index contributed by atoms with van der Waals surface area (Å²) in [6.45, 7) is 0. The molecule has 0 radical (unpaired) electrons. The molecule has 0 saturated carbocycles. The standard InChI is InChI=1S/C10H7FN2OS2/c11-8-4-2-1-3-7(8)5-12-13-9(14)6-16-10(13)15/h1-5H,6H2/b12-5+. The summed E-state index contributed by atoms with van der Waals surface area (Å²) in [5.41, 5.74) is 0.329. The molecule has 3 nitrogen and oxygen atoms in total. The Hall–Kier alpha value is -1.27. The fourth-order valence-electron chi connectivity index (χ4n) is 1.16. The monoisotopic (exact) mass is 254 g/mol. The lowest BCUT2D eigenvalue weighted by Gasteiger charge is -2.06. The lowest BCUT2D eigenvalue weighted by atomic mass is 10.2. The van der Waals surface area contributed by atoms with Crippen molar-refractivity contribution in [3.63, 3.8) is 0 Å². The topological polar surface area (TPSA) is 32.7 Å². The zero-order valence-corrected chi connectivity index (χ0v) is 9.72. The van der Waals surface area contributed by atoms with E-state index in [4.69, 9.17) is 12.2 Å². The molecule has 16 heavy (non-hydrogen) atoms. The van der Waals surface area contributed by atoms with E-state index >= 15 is 0 Å². The molecule has 0 bridgehead atoms. The van der Waals surface area contributed by atoms with E-state index in [1.807, 2.05) is 0 Å². The fourth-order valence-corrected chi connectivity index (χ4v) is 2.13. The molecule has 1 aromatic carbocycles. The molecule has 82 valence electrons. The molecule has 0 spiro atoms. The maximum absolute atomic E-state index is 13.2. The lowest BCUT2D eigenvalue weighted by molar-refractivity contribution is -0.123. The zero-order chi connectivity index (χ0) is 11.5. The number of hydrogen-bond acceptors (Lipinski definition) is 4. The van der Waals surface area contributed by atoms with Crippen LogP contribution in [0.4, 0.5) is 4.39 Å². The van der Waals surface area contributed by atoms with Gasteiger partial charge >= 0.3 is 0 Å². The Kier molecular flexibility index (Phi) is 3.31. The van der Waals surface area contributed by atoms with Crippen molar-refractivity contribution in [2.24, 2.45) is 5.10 Å². The van der Waals surface area contributed by atoms with Gasteiger partial charge in [-0.3, -0.25) is 4.79 Å². The van der Waals surface area contributed by atoms with Crippen molar-refractivity contribution in [3.05, 3.63) is 35.6 Å². The van der Waals surface area contributed by atoms with Crippen molar-refractivity contribution in [1.82, 2.24) is 5.01 Å².